The fourth-order valence-corrected chi connectivity index (χ4v) is 4.78. The highest BCUT2D eigenvalue weighted by atomic mass is 16.5. The van der Waals surface area contributed by atoms with E-state index in [2.05, 4.69) is 20.7 Å². The van der Waals surface area contributed by atoms with Crippen LogP contribution >= 0.6 is 0 Å². The number of methoxy groups -OCH3 is 1. The SMILES string of the molecule is CO[C@]12CC[C@@H](Oc3ccccn3)C[C@H]1N(CCC1CNNC1)CC2. The summed E-state index contributed by atoms with van der Waals surface area (Å²) < 4.78 is 12.2. The number of fused-ring (bicyclic) bond motifs is 1. The summed E-state index contributed by atoms with van der Waals surface area (Å²) in [6.45, 7) is 4.46. The van der Waals surface area contributed by atoms with E-state index in [4.69, 9.17) is 9.47 Å². The molecule has 3 atom stereocenters. The van der Waals surface area contributed by atoms with E-state index in [0.29, 0.717) is 6.04 Å². The molecule has 1 aliphatic carbocycles. The number of nitrogens with one attached hydrogen (secondary N) is 2. The van der Waals surface area contributed by atoms with Crippen molar-refractivity contribution in [3.63, 3.8) is 0 Å². The van der Waals surface area contributed by atoms with Crippen LogP contribution in [-0.4, -0.2) is 60.9 Å². The van der Waals surface area contributed by atoms with E-state index < -0.39 is 0 Å². The lowest BCUT2D eigenvalue weighted by Crippen LogP contribution is -2.52. The lowest BCUT2D eigenvalue weighted by molar-refractivity contribution is -0.0835. The molecule has 0 aromatic carbocycles. The normalized spacial score (nSPS) is 33.5. The van der Waals surface area contributed by atoms with Gasteiger partial charge in [0.1, 0.15) is 6.10 Å². The highest BCUT2D eigenvalue weighted by Gasteiger charge is 2.51. The van der Waals surface area contributed by atoms with Gasteiger partial charge in [0.25, 0.3) is 0 Å². The summed E-state index contributed by atoms with van der Waals surface area (Å²) in [5, 5.41) is 0. The first-order valence-corrected chi connectivity index (χ1v) is 9.62. The number of rotatable bonds is 6. The Morgan fingerprint density at radius 3 is 2.92 bits per heavy atom. The third kappa shape index (κ3) is 3.67. The van der Waals surface area contributed by atoms with Crippen LogP contribution in [0.3, 0.4) is 0 Å². The van der Waals surface area contributed by atoms with Crippen LogP contribution in [0.5, 0.6) is 5.88 Å². The quantitative estimate of drug-likeness (QED) is 0.816. The van der Waals surface area contributed by atoms with Crippen LogP contribution in [0.4, 0.5) is 0 Å². The minimum Gasteiger partial charge on any atom is -0.474 e. The number of hydrazine groups is 1. The molecule has 4 rings (SSSR count). The van der Waals surface area contributed by atoms with Crippen LogP contribution in [0.2, 0.25) is 0 Å². The predicted octanol–water partition coefficient (Wildman–Crippen LogP) is 1.59. The van der Waals surface area contributed by atoms with Gasteiger partial charge in [0.05, 0.1) is 5.60 Å². The van der Waals surface area contributed by atoms with Gasteiger partial charge in [-0.1, -0.05) is 6.07 Å². The second-order valence-electron chi connectivity index (χ2n) is 7.67. The minimum absolute atomic E-state index is 0.0240. The molecule has 1 saturated carbocycles. The third-order valence-electron chi connectivity index (χ3n) is 6.31. The van der Waals surface area contributed by atoms with E-state index in [9.17, 15) is 0 Å². The zero-order valence-electron chi connectivity index (χ0n) is 15.1. The van der Waals surface area contributed by atoms with Gasteiger partial charge in [0.15, 0.2) is 0 Å². The molecule has 0 unspecified atom stereocenters. The summed E-state index contributed by atoms with van der Waals surface area (Å²) in [4.78, 5) is 6.97. The van der Waals surface area contributed by atoms with E-state index in [-0.39, 0.29) is 11.7 Å². The number of aromatic nitrogens is 1. The number of hydrogen-bond acceptors (Lipinski definition) is 6. The number of pyridine rings is 1. The molecule has 0 amide bonds. The zero-order chi connectivity index (χ0) is 17.1. The molecule has 6 nitrogen and oxygen atoms in total. The summed E-state index contributed by atoms with van der Waals surface area (Å²) in [5.41, 5.74) is 6.50. The van der Waals surface area contributed by atoms with Gasteiger partial charge < -0.3 is 9.47 Å². The van der Waals surface area contributed by atoms with Crippen molar-refractivity contribution in [1.29, 1.82) is 0 Å². The molecular formula is C19H30N4O2. The molecule has 2 N–H and O–H groups in total. The number of hydrogen-bond donors (Lipinski definition) is 2. The summed E-state index contributed by atoms with van der Waals surface area (Å²) in [7, 11) is 1.89. The van der Waals surface area contributed by atoms with Gasteiger partial charge >= 0.3 is 0 Å². The van der Waals surface area contributed by atoms with Gasteiger partial charge in [0.2, 0.25) is 5.88 Å². The van der Waals surface area contributed by atoms with Crippen molar-refractivity contribution < 1.29 is 9.47 Å². The Hall–Kier alpha value is -1.21. The minimum atomic E-state index is 0.0240. The molecule has 0 spiro atoms. The first-order chi connectivity index (χ1) is 12.3. The number of ether oxygens (including phenoxy) is 2. The molecule has 6 heteroatoms. The van der Waals surface area contributed by atoms with Gasteiger partial charge in [-0.3, -0.25) is 15.8 Å². The fraction of sp³-hybridized carbons (Fsp3) is 0.737. The molecule has 3 aliphatic rings. The van der Waals surface area contributed by atoms with Crippen molar-refractivity contribution in [3.8, 4) is 5.88 Å². The maximum atomic E-state index is 6.17. The molecule has 3 fully saturated rings. The maximum absolute atomic E-state index is 6.17. The van der Waals surface area contributed by atoms with E-state index in [1.807, 2.05) is 25.3 Å². The first kappa shape index (κ1) is 17.2. The van der Waals surface area contributed by atoms with Crippen molar-refractivity contribution in [3.05, 3.63) is 24.4 Å². The van der Waals surface area contributed by atoms with Gasteiger partial charge in [-0.15, -0.1) is 0 Å². The largest absolute Gasteiger partial charge is 0.474 e. The average Bonchev–Trinajstić information content (AvgIpc) is 3.29. The summed E-state index contributed by atoms with van der Waals surface area (Å²) in [6.07, 6.45) is 7.57. The Bertz CT molecular complexity index is 552. The molecule has 1 aromatic heterocycles. The van der Waals surface area contributed by atoms with E-state index in [1.54, 1.807) is 6.20 Å². The van der Waals surface area contributed by atoms with E-state index >= 15 is 0 Å². The molecule has 0 radical (unpaired) electrons. The van der Waals surface area contributed by atoms with Crippen molar-refractivity contribution in [2.45, 2.75) is 49.9 Å². The Kier molecular flexibility index (Phi) is 5.22. The van der Waals surface area contributed by atoms with Gasteiger partial charge in [0, 0.05) is 51.5 Å². The van der Waals surface area contributed by atoms with Crippen LogP contribution < -0.4 is 15.6 Å². The summed E-state index contributed by atoms with van der Waals surface area (Å²) in [6, 6.07) is 6.32. The lowest BCUT2D eigenvalue weighted by Gasteiger charge is -2.43. The third-order valence-corrected chi connectivity index (χ3v) is 6.31. The summed E-state index contributed by atoms with van der Waals surface area (Å²) in [5.74, 6) is 1.48. The molecular weight excluding hydrogens is 316 g/mol. The second-order valence-corrected chi connectivity index (χ2v) is 7.67. The smallest absolute Gasteiger partial charge is 0.213 e. The Balaban J connectivity index is 1.39. The van der Waals surface area contributed by atoms with Crippen molar-refractivity contribution in [2.75, 3.05) is 33.3 Å². The molecule has 25 heavy (non-hydrogen) atoms. The Morgan fingerprint density at radius 2 is 2.16 bits per heavy atom. The highest BCUT2D eigenvalue weighted by molar-refractivity contribution is 5.11. The molecule has 2 saturated heterocycles. The van der Waals surface area contributed by atoms with Crippen molar-refractivity contribution in [1.82, 2.24) is 20.7 Å². The van der Waals surface area contributed by atoms with Gasteiger partial charge in [-0.25, -0.2) is 4.98 Å². The lowest BCUT2D eigenvalue weighted by atomic mass is 9.79. The molecule has 0 bridgehead atoms. The average molecular weight is 346 g/mol. The molecule has 2 aliphatic heterocycles. The number of likely N-dealkylation sites (tertiary alicyclic amines) is 1. The van der Waals surface area contributed by atoms with Crippen molar-refractivity contribution >= 4 is 0 Å². The first-order valence-electron chi connectivity index (χ1n) is 9.62. The topological polar surface area (TPSA) is 58.7 Å². The molecule has 3 heterocycles. The van der Waals surface area contributed by atoms with Crippen molar-refractivity contribution in [2.24, 2.45) is 5.92 Å². The van der Waals surface area contributed by atoms with E-state index in [1.165, 1.54) is 6.42 Å². The van der Waals surface area contributed by atoms with Crippen LogP contribution in [0, 0.1) is 5.92 Å². The van der Waals surface area contributed by atoms with Crippen LogP contribution in [0.25, 0.3) is 0 Å². The van der Waals surface area contributed by atoms with Gasteiger partial charge in [-0.05, 0) is 44.2 Å². The molecule has 138 valence electrons. The van der Waals surface area contributed by atoms with E-state index in [0.717, 1.165) is 63.7 Å². The second kappa shape index (κ2) is 7.58. The fourth-order valence-electron chi connectivity index (χ4n) is 4.78. The Morgan fingerprint density at radius 1 is 1.28 bits per heavy atom. The van der Waals surface area contributed by atoms with Crippen LogP contribution in [0.1, 0.15) is 32.1 Å². The highest BCUT2D eigenvalue weighted by Crippen LogP contribution is 2.43. The molecule has 1 aromatic rings. The van der Waals surface area contributed by atoms with Crippen LogP contribution in [0.15, 0.2) is 24.4 Å². The van der Waals surface area contributed by atoms with Gasteiger partial charge in [-0.2, -0.15) is 0 Å². The standard InChI is InChI=1S/C19H30N4O2/c1-24-19-7-5-16(25-18-4-2-3-9-20-18)12-17(19)23(11-8-19)10-6-15-13-21-22-14-15/h2-4,9,15-17,21-22H,5-8,10-14H2,1H3/t16-,17-,19+/m1/s1. The predicted molar refractivity (Wildman–Crippen MR) is 96.3 cm³/mol. The summed E-state index contributed by atoms with van der Waals surface area (Å²) >= 11 is 0. The Labute approximate surface area is 150 Å². The van der Waals surface area contributed by atoms with Crippen LogP contribution in [-0.2, 0) is 4.74 Å². The maximum Gasteiger partial charge on any atom is 0.213 e. The number of nitrogens with zero attached hydrogens (tertiary/aromatic N) is 2. The zero-order valence-corrected chi connectivity index (χ0v) is 15.1. The monoisotopic (exact) mass is 346 g/mol.